The van der Waals surface area contributed by atoms with Crippen molar-refractivity contribution in [1.82, 2.24) is 16.0 Å². The van der Waals surface area contributed by atoms with Gasteiger partial charge in [-0.15, -0.1) is 0 Å². The lowest BCUT2D eigenvalue weighted by Crippen LogP contribution is -2.39. The van der Waals surface area contributed by atoms with E-state index in [-0.39, 0.29) is 17.9 Å². The van der Waals surface area contributed by atoms with Crippen LogP contribution >= 0.6 is 0 Å². The maximum Gasteiger partial charge on any atom is 0.222 e. The first-order valence-corrected chi connectivity index (χ1v) is 9.94. The van der Waals surface area contributed by atoms with Gasteiger partial charge < -0.3 is 25.1 Å². The van der Waals surface area contributed by atoms with E-state index in [1.807, 2.05) is 58.9 Å². The van der Waals surface area contributed by atoms with Crippen molar-refractivity contribution < 1.29 is 13.9 Å². The van der Waals surface area contributed by atoms with E-state index in [1.54, 1.807) is 0 Å². The van der Waals surface area contributed by atoms with Crippen LogP contribution in [0, 0.1) is 5.92 Å². The van der Waals surface area contributed by atoms with Crippen LogP contribution in [-0.2, 0) is 4.79 Å². The number of amides is 1. The van der Waals surface area contributed by atoms with Crippen molar-refractivity contribution in [3.63, 3.8) is 0 Å². The first kappa shape index (κ1) is 21.6. The number of carbonyl (C=O) groups excluding carboxylic acids is 1. The zero-order valence-electron chi connectivity index (χ0n) is 17.5. The summed E-state index contributed by atoms with van der Waals surface area (Å²) in [5, 5.41) is 10.4. The Labute approximate surface area is 166 Å². The molecule has 1 unspecified atom stereocenters. The summed E-state index contributed by atoms with van der Waals surface area (Å²) < 4.78 is 11.7. The molecule has 2 aromatic rings. The van der Waals surface area contributed by atoms with Crippen LogP contribution in [0.2, 0.25) is 0 Å². The molecule has 154 valence electrons. The Kier molecular flexibility index (Phi) is 8.17. The van der Waals surface area contributed by atoms with E-state index in [0.29, 0.717) is 25.7 Å². The lowest BCUT2D eigenvalue weighted by atomic mass is 10.2. The fourth-order valence-electron chi connectivity index (χ4n) is 2.69. The van der Waals surface area contributed by atoms with Crippen LogP contribution in [0.3, 0.4) is 0 Å². The summed E-state index contributed by atoms with van der Waals surface area (Å²) in [7, 11) is 0. The zero-order valence-corrected chi connectivity index (χ0v) is 17.5. The molecule has 1 amide bonds. The predicted octanol–water partition coefficient (Wildman–Crippen LogP) is 3.22. The molecule has 0 aliphatic carbocycles. The number of ether oxygens (including phenoxy) is 1. The zero-order chi connectivity index (χ0) is 20.5. The van der Waals surface area contributed by atoms with Gasteiger partial charge in [0, 0.05) is 24.4 Å². The van der Waals surface area contributed by atoms with Crippen molar-refractivity contribution >= 4 is 22.8 Å². The molecule has 0 spiro atoms. The Morgan fingerprint density at radius 3 is 2.68 bits per heavy atom. The molecule has 0 aliphatic rings. The number of nitrogens with zero attached hydrogens (tertiary/aromatic N) is 1. The Balaban J connectivity index is 2.04. The molecule has 28 heavy (non-hydrogen) atoms. The molecule has 0 radical (unpaired) electrons. The van der Waals surface area contributed by atoms with Gasteiger partial charge in [-0.25, -0.2) is 0 Å². The highest BCUT2D eigenvalue weighted by Gasteiger charge is 2.15. The minimum absolute atomic E-state index is 0.0231. The highest BCUT2D eigenvalue weighted by Crippen LogP contribution is 2.31. The Hall–Kier alpha value is -2.70. The lowest BCUT2D eigenvalue weighted by Gasteiger charge is -2.16. The van der Waals surface area contributed by atoms with Gasteiger partial charge in [0.2, 0.25) is 5.91 Å². The van der Waals surface area contributed by atoms with Crippen LogP contribution in [-0.4, -0.2) is 38.1 Å². The quantitative estimate of drug-likeness (QED) is 0.349. The van der Waals surface area contributed by atoms with Crippen molar-refractivity contribution in [3.05, 3.63) is 30.0 Å². The number of nitrogens with one attached hydrogen (secondary N) is 3. The third kappa shape index (κ3) is 5.90. The predicted molar refractivity (Wildman–Crippen MR) is 113 cm³/mol. The molecule has 1 aromatic carbocycles. The van der Waals surface area contributed by atoms with E-state index in [9.17, 15) is 4.79 Å². The fraction of sp³-hybridized carbons (Fsp3) is 0.524. The molecule has 1 atom stereocenters. The van der Waals surface area contributed by atoms with Crippen LogP contribution in [0.1, 0.15) is 46.4 Å². The van der Waals surface area contributed by atoms with E-state index in [2.05, 4.69) is 20.9 Å². The van der Waals surface area contributed by atoms with Gasteiger partial charge in [-0.1, -0.05) is 26.0 Å². The molecule has 7 heteroatoms. The largest absolute Gasteiger partial charge is 0.490 e. The number of benzene rings is 1. The number of aliphatic imine (C=N–C) groups is 1. The molecule has 1 aromatic heterocycles. The van der Waals surface area contributed by atoms with Gasteiger partial charge in [-0.2, -0.15) is 0 Å². The maximum atomic E-state index is 11.6. The van der Waals surface area contributed by atoms with Gasteiger partial charge in [-0.3, -0.25) is 9.79 Å². The van der Waals surface area contributed by atoms with Gasteiger partial charge in [0.05, 0.1) is 19.2 Å². The second kappa shape index (κ2) is 10.6. The number of para-hydroxylation sites is 1. The Morgan fingerprint density at radius 1 is 1.21 bits per heavy atom. The summed E-state index contributed by atoms with van der Waals surface area (Å²) in [6, 6.07) is 7.82. The van der Waals surface area contributed by atoms with Crippen LogP contribution in [0.25, 0.3) is 11.0 Å². The molecule has 0 aliphatic heterocycles. The molecule has 0 saturated carbocycles. The van der Waals surface area contributed by atoms with Crippen LogP contribution in [0.4, 0.5) is 0 Å². The fourth-order valence-corrected chi connectivity index (χ4v) is 2.69. The van der Waals surface area contributed by atoms with Crippen LogP contribution in [0.15, 0.2) is 33.7 Å². The molecular formula is C21H32N4O3. The van der Waals surface area contributed by atoms with E-state index < -0.39 is 0 Å². The molecule has 7 nitrogen and oxygen atoms in total. The monoisotopic (exact) mass is 388 g/mol. The minimum atomic E-state index is -0.0788. The first-order valence-electron chi connectivity index (χ1n) is 9.94. The first-order chi connectivity index (χ1) is 13.5. The second-order valence-corrected chi connectivity index (χ2v) is 6.83. The second-order valence-electron chi connectivity index (χ2n) is 6.83. The van der Waals surface area contributed by atoms with Crippen LogP contribution < -0.4 is 20.7 Å². The van der Waals surface area contributed by atoms with Crippen LogP contribution in [0.5, 0.6) is 5.75 Å². The molecule has 0 saturated heterocycles. The Bertz CT molecular complexity index is 798. The topological polar surface area (TPSA) is 87.9 Å². The highest BCUT2D eigenvalue weighted by molar-refractivity contribution is 5.84. The molecule has 0 fully saturated rings. The number of rotatable bonds is 9. The van der Waals surface area contributed by atoms with Crippen molar-refractivity contribution in [2.45, 2.75) is 40.7 Å². The van der Waals surface area contributed by atoms with E-state index in [4.69, 9.17) is 9.15 Å². The smallest absolute Gasteiger partial charge is 0.222 e. The average Bonchev–Trinajstić information content (AvgIpc) is 3.10. The third-order valence-electron chi connectivity index (χ3n) is 4.16. The summed E-state index contributed by atoms with van der Waals surface area (Å²) in [6.45, 7) is 12.1. The van der Waals surface area contributed by atoms with Gasteiger partial charge in [-0.05, 0) is 32.9 Å². The number of furan rings is 1. The highest BCUT2D eigenvalue weighted by atomic mass is 16.5. The lowest BCUT2D eigenvalue weighted by molar-refractivity contribution is -0.123. The van der Waals surface area contributed by atoms with Gasteiger partial charge in [0.15, 0.2) is 17.3 Å². The van der Waals surface area contributed by atoms with Crippen molar-refractivity contribution in [2.75, 3.05) is 26.2 Å². The van der Waals surface area contributed by atoms with Gasteiger partial charge in [0.25, 0.3) is 0 Å². The summed E-state index contributed by atoms with van der Waals surface area (Å²) in [5.41, 5.74) is 0.756. The number of hydrogen-bond acceptors (Lipinski definition) is 4. The molecule has 3 N–H and O–H groups in total. The van der Waals surface area contributed by atoms with Crippen molar-refractivity contribution in [3.8, 4) is 5.75 Å². The summed E-state index contributed by atoms with van der Waals surface area (Å²) in [5.74, 6) is 2.25. The SMILES string of the molecule is CCNC(=NCCNC(=O)C(C)C)NC(C)c1cc2cccc(OCC)c2o1. The number of hydrogen-bond donors (Lipinski definition) is 3. The standard InChI is InChI=1S/C21H32N4O3/c1-6-22-21(24-12-11-23-20(26)14(3)4)25-15(5)18-13-16-9-8-10-17(27-7-2)19(16)28-18/h8-10,13-15H,6-7,11-12H2,1-5H3,(H,23,26)(H2,22,24,25). The number of fused-ring (bicyclic) bond motifs is 1. The third-order valence-corrected chi connectivity index (χ3v) is 4.16. The Morgan fingerprint density at radius 2 is 2.00 bits per heavy atom. The molecule has 1 heterocycles. The van der Waals surface area contributed by atoms with E-state index in [0.717, 1.165) is 29.0 Å². The maximum absolute atomic E-state index is 11.6. The van der Waals surface area contributed by atoms with Gasteiger partial charge >= 0.3 is 0 Å². The number of carbonyl (C=O) groups is 1. The summed E-state index contributed by atoms with van der Waals surface area (Å²) >= 11 is 0. The summed E-state index contributed by atoms with van der Waals surface area (Å²) in [6.07, 6.45) is 0. The molecular weight excluding hydrogens is 356 g/mol. The van der Waals surface area contributed by atoms with Gasteiger partial charge in [0.1, 0.15) is 5.76 Å². The average molecular weight is 389 g/mol. The van der Waals surface area contributed by atoms with E-state index in [1.165, 1.54) is 0 Å². The molecule has 0 bridgehead atoms. The van der Waals surface area contributed by atoms with Crippen molar-refractivity contribution in [2.24, 2.45) is 10.9 Å². The normalized spacial score (nSPS) is 12.9. The molecule has 2 rings (SSSR count). The number of guanidine groups is 1. The van der Waals surface area contributed by atoms with Crippen molar-refractivity contribution in [1.29, 1.82) is 0 Å². The minimum Gasteiger partial charge on any atom is -0.490 e. The van der Waals surface area contributed by atoms with E-state index >= 15 is 0 Å². The summed E-state index contributed by atoms with van der Waals surface area (Å²) in [4.78, 5) is 16.1.